The van der Waals surface area contributed by atoms with E-state index >= 15 is 0 Å². The number of unbranched alkanes of at least 4 members (excludes halogenated alkanes) is 4. The van der Waals surface area contributed by atoms with Crippen molar-refractivity contribution in [2.45, 2.75) is 58.8 Å². The Balaban J connectivity index is 1.66. The van der Waals surface area contributed by atoms with Crippen molar-refractivity contribution in [1.82, 2.24) is 0 Å². The number of rotatable bonds is 17. The van der Waals surface area contributed by atoms with Crippen molar-refractivity contribution >= 4 is 17.7 Å². The lowest BCUT2D eigenvalue weighted by Gasteiger charge is -2.09. The zero-order valence-corrected chi connectivity index (χ0v) is 20.8. The lowest BCUT2D eigenvalue weighted by Crippen LogP contribution is -2.05. The second-order valence-electron chi connectivity index (χ2n) is 8.11. The Labute approximate surface area is 207 Å². The topological polar surface area (TPSA) is 88.1 Å². The highest BCUT2D eigenvalue weighted by molar-refractivity contribution is 6.09. The van der Waals surface area contributed by atoms with Crippen molar-refractivity contribution in [2.75, 3.05) is 26.4 Å². The zero-order chi connectivity index (χ0) is 25.3. The van der Waals surface area contributed by atoms with E-state index in [0.717, 1.165) is 44.3 Å². The predicted molar refractivity (Wildman–Crippen MR) is 133 cm³/mol. The van der Waals surface area contributed by atoms with Crippen LogP contribution in [0.4, 0.5) is 0 Å². The van der Waals surface area contributed by atoms with Gasteiger partial charge in [-0.2, -0.15) is 0 Å². The predicted octanol–water partition coefficient (Wildman–Crippen LogP) is 5.53. The summed E-state index contributed by atoms with van der Waals surface area (Å²) in [5.41, 5.74) is 1.19. The maximum absolute atomic E-state index is 12.8. The van der Waals surface area contributed by atoms with E-state index in [1.165, 1.54) is 6.92 Å². The Morgan fingerprint density at radius 1 is 0.600 bits per heavy atom. The fourth-order valence-electron chi connectivity index (χ4n) is 3.22. The Morgan fingerprint density at radius 2 is 1.03 bits per heavy atom. The van der Waals surface area contributed by atoms with Gasteiger partial charge in [0.15, 0.2) is 5.78 Å². The number of ether oxygens (including phenoxy) is 4. The number of carbonyl (C=O) groups excluding carboxylic acids is 3. The minimum absolute atomic E-state index is 0.0600. The van der Waals surface area contributed by atoms with Gasteiger partial charge in [-0.3, -0.25) is 14.4 Å². The molecule has 0 fully saturated rings. The molecule has 0 aliphatic heterocycles. The Kier molecular flexibility index (Phi) is 13.0. The zero-order valence-electron chi connectivity index (χ0n) is 20.8. The van der Waals surface area contributed by atoms with Crippen LogP contribution in [-0.4, -0.2) is 44.1 Å². The van der Waals surface area contributed by atoms with Crippen LogP contribution in [0.15, 0.2) is 48.5 Å². The second-order valence-corrected chi connectivity index (χ2v) is 8.11. The van der Waals surface area contributed by atoms with E-state index in [2.05, 4.69) is 0 Å². The molecule has 0 radical (unpaired) electrons. The van der Waals surface area contributed by atoms with Crippen LogP contribution in [0.2, 0.25) is 0 Å². The van der Waals surface area contributed by atoms with E-state index in [9.17, 15) is 14.4 Å². The number of benzene rings is 2. The molecule has 2 aromatic rings. The van der Waals surface area contributed by atoms with Gasteiger partial charge in [0.1, 0.15) is 11.5 Å². The smallest absolute Gasteiger partial charge is 0.305 e. The monoisotopic (exact) mass is 484 g/mol. The van der Waals surface area contributed by atoms with Gasteiger partial charge >= 0.3 is 11.9 Å². The molecule has 0 saturated heterocycles. The molecule has 0 unspecified atom stereocenters. The first-order valence-electron chi connectivity index (χ1n) is 12.3. The number of carbonyl (C=O) groups is 3. The lowest BCUT2D eigenvalue weighted by atomic mass is 10.0. The van der Waals surface area contributed by atoms with Crippen LogP contribution in [0.1, 0.15) is 74.7 Å². The Morgan fingerprint density at radius 3 is 1.46 bits per heavy atom. The average Bonchev–Trinajstić information content (AvgIpc) is 2.87. The van der Waals surface area contributed by atoms with Gasteiger partial charge in [0.2, 0.25) is 0 Å². The molecule has 7 nitrogen and oxygen atoms in total. The largest absolute Gasteiger partial charge is 0.494 e. The SMILES string of the molecule is CCC(=O)OCCCCCOc1ccc(C(=O)c2ccc(OCCCCCOC(C)=O)cc2)cc1. The summed E-state index contributed by atoms with van der Waals surface area (Å²) in [6.07, 6.45) is 5.62. The Hall–Kier alpha value is -3.35. The molecule has 0 heterocycles. The summed E-state index contributed by atoms with van der Waals surface area (Å²) in [6, 6.07) is 14.3. The molecular formula is C28H36O7. The third-order valence-electron chi connectivity index (χ3n) is 5.20. The van der Waals surface area contributed by atoms with E-state index < -0.39 is 0 Å². The Bertz CT molecular complexity index is 904. The molecule has 0 aliphatic carbocycles. The molecule has 0 aromatic heterocycles. The molecule has 2 aromatic carbocycles. The number of ketones is 1. The quantitative estimate of drug-likeness (QED) is 0.166. The highest BCUT2D eigenvalue weighted by Gasteiger charge is 2.09. The van der Waals surface area contributed by atoms with Gasteiger partial charge in [-0.25, -0.2) is 0 Å². The lowest BCUT2D eigenvalue weighted by molar-refractivity contribution is -0.143. The second kappa shape index (κ2) is 16.3. The van der Waals surface area contributed by atoms with Crippen molar-refractivity contribution in [3.8, 4) is 11.5 Å². The van der Waals surface area contributed by atoms with E-state index in [1.54, 1.807) is 55.5 Å². The van der Waals surface area contributed by atoms with E-state index in [-0.39, 0.29) is 17.7 Å². The molecule has 0 N–H and O–H groups in total. The molecule has 0 saturated carbocycles. The fourth-order valence-corrected chi connectivity index (χ4v) is 3.22. The molecule has 190 valence electrons. The van der Waals surface area contributed by atoms with Gasteiger partial charge in [-0.05, 0) is 87.1 Å². The van der Waals surface area contributed by atoms with Crippen LogP contribution in [0.25, 0.3) is 0 Å². The summed E-state index contributed by atoms with van der Waals surface area (Å²) >= 11 is 0. The molecule has 0 amide bonds. The molecule has 0 aliphatic rings. The third-order valence-corrected chi connectivity index (χ3v) is 5.20. The van der Waals surface area contributed by atoms with Gasteiger partial charge < -0.3 is 18.9 Å². The van der Waals surface area contributed by atoms with Crippen molar-refractivity contribution in [2.24, 2.45) is 0 Å². The summed E-state index contributed by atoms with van der Waals surface area (Å²) in [6.45, 7) is 5.23. The molecule has 0 spiro atoms. The van der Waals surface area contributed by atoms with Crippen LogP contribution >= 0.6 is 0 Å². The number of esters is 2. The van der Waals surface area contributed by atoms with Gasteiger partial charge in [0, 0.05) is 24.5 Å². The van der Waals surface area contributed by atoms with Gasteiger partial charge in [0.05, 0.1) is 26.4 Å². The van der Waals surface area contributed by atoms with Gasteiger partial charge in [-0.1, -0.05) is 6.92 Å². The van der Waals surface area contributed by atoms with Crippen LogP contribution in [0.3, 0.4) is 0 Å². The van der Waals surface area contributed by atoms with Crippen molar-refractivity contribution in [3.63, 3.8) is 0 Å². The summed E-state index contributed by atoms with van der Waals surface area (Å²) in [7, 11) is 0. The number of hydrogen-bond donors (Lipinski definition) is 0. The molecule has 35 heavy (non-hydrogen) atoms. The van der Waals surface area contributed by atoms with Gasteiger partial charge in [-0.15, -0.1) is 0 Å². The normalized spacial score (nSPS) is 10.5. The van der Waals surface area contributed by atoms with E-state index in [4.69, 9.17) is 18.9 Å². The van der Waals surface area contributed by atoms with E-state index in [0.29, 0.717) is 49.7 Å². The first kappa shape index (κ1) is 27.9. The van der Waals surface area contributed by atoms with Crippen molar-refractivity contribution in [1.29, 1.82) is 0 Å². The maximum Gasteiger partial charge on any atom is 0.305 e. The van der Waals surface area contributed by atoms with Crippen LogP contribution in [-0.2, 0) is 19.1 Å². The minimum atomic E-state index is -0.253. The van der Waals surface area contributed by atoms with Crippen LogP contribution in [0, 0.1) is 0 Å². The van der Waals surface area contributed by atoms with Crippen molar-refractivity contribution < 1.29 is 33.3 Å². The van der Waals surface area contributed by atoms with Crippen LogP contribution < -0.4 is 9.47 Å². The first-order valence-corrected chi connectivity index (χ1v) is 12.3. The molecule has 7 heteroatoms. The summed E-state index contributed by atoms with van der Waals surface area (Å²) < 4.78 is 21.4. The third kappa shape index (κ3) is 11.6. The average molecular weight is 485 g/mol. The standard InChI is InChI=1S/C28H36O7/c1-3-27(30)35-21-9-5-8-20-34-26-16-12-24(13-17-26)28(31)23-10-14-25(15-11-23)33-19-7-4-6-18-32-22(2)29/h10-17H,3-9,18-21H2,1-2H3. The van der Waals surface area contributed by atoms with Crippen LogP contribution in [0.5, 0.6) is 11.5 Å². The van der Waals surface area contributed by atoms with Gasteiger partial charge in [0.25, 0.3) is 0 Å². The molecule has 2 rings (SSSR count). The highest BCUT2D eigenvalue weighted by atomic mass is 16.5. The van der Waals surface area contributed by atoms with E-state index in [1.807, 2.05) is 0 Å². The molecular weight excluding hydrogens is 448 g/mol. The van der Waals surface area contributed by atoms with Crippen molar-refractivity contribution in [3.05, 3.63) is 59.7 Å². The summed E-state index contributed by atoms with van der Waals surface area (Å²) in [5, 5.41) is 0. The molecule has 0 atom stereocenters. The maximum atomic E-state index is 12.8. The summed E-state index contributed by atoms with van der Waals surface area (Å²) in [4.78, 5) is 34.5. The highest BCUT2D eigenvalue weighted by Crippen LogP contribution is 2.19. The first-order chi connectivity index (χ1) is 17.0. The molecule has 0 bridgehead atoms. The number of hydrogen-bond acceptors (Lipinski definition) is 7. The minimum Gasteiger partial charge on any atom is -0.494 e. The summed E-state index contributed by atoms with van der Waals surface area (Å²) in [5.74, 6) is 0.956. The fraction of sp³-hybridized carbons (Fsp3) is 0.464.